The van der Waals surface area contributed by atoms with Gasteiger partial charge in [0.1, 0.15) is 0 Å². The molecular weight excluding hydrogens is 180 g/mol. The van der Waals surface area contributed by atoms with Gasteiger partial charge in [-0.25, -0.2) is 0 Å². The van der Waals surface area contributed by atoms with Crippen molar-refractivity contribution in [2.45, 2.75) is 38.9 Å². The molecule has 1 N–H and O–H groups in total. The highest BCUT2D eigenvalue weighted by Crippen LogP contribution is 2.12. The van der Waals surface area contributed by atoms with Crippen LogP contribution in [0.3, 0.4) is 0 Å². The van der Waals surface area contributed by atoms with Crippen molar-refractivity contribution < 1.29 is 9.53 Å². The van der Waals surface area contributed by atoms with Gasteiger partial charge >= 0.3 is 0 Å². The Balaban J connectivity index is 2.40. The maximum Gasteiger partial charge on any atom is 0.240 e. The molecule has 0 radical (unpaired) electrons. The molecule has 2 unspecified atom stereocenters. The van der Waals surface area contributed by atoms with Crippen LogP contribution in [0.2, 0.25) is 0 Å². The van der Waals surface area contributed by atoms with E-state index in [2.05, 4.69) is 5.32 Å². The van der Waals surface area contributed by atoms with Crippen LogP contribution in [0, 0.1) is 0 Å². The first-order chi connectivity index (χ1) is 6.70. The van der Waals surface area contributed by atoms with Crippen molar-refractivity contribution in [3.8, 4) is 0 Å². The smallest absolute Gasteiger partial charge is 0.240 e. The van der Waals surface area contributed by atoms with Gasteiger partial charge in [0.2, 0.25) is 5.91 Å². The number of carbonyl (C=O) groups is 1. The molecule has 0 aromatic carbocycles. The molecule has 2 atom stereocenters. The summed E-state index contributed by atoms with van der Waals surface area (Å²) >= 11 is 0. The zero-order chi connectivity index (χ0) is 10.6. The van der Waals surface area contributed by atoms with Gasteiger partial charge in [0, 0.05) is 20.3 Å². The number of nitrogens with zero attached hydrogens (tertiary/aromatic N) is 1. The van der Waals surface area contributed by atoms with Crippen LogP contribution in [0.15, 0.2) is 0 Å². The molecule has 14 heavy (non-hydrogen) atoms. The van der Waals surface area contributed by atoms with E-state index < -0.39 is 0 Å². The van der Waals surface area contributed by atoms with Gasteiger partial charge in [0.05, 0.1) is 12.2 Å². The van der Waals surface area contributed by atoms with Gasteiger partial charge in [-0.05, 0) is 19.8 Å². The topological polar surface area (TPSA) is 41.6 Å². The molecule has 1 aliphatic rings. The lowest BCUT2D eigenvalue weighted by Gasteiger charge is -2.20. The fourth-order valence-corrected chi connectivity index (χ4v) is 1.82. The Hall–Kier alpha value is -0.610. The zero-order valence-electron chi connectivity index (χ0n) is 9.25. The van der Waals surface area contributed by atoms with Gasteiger partial charge in [-0.3, -0.25) is 10.1 Å². The van der Waals surface area contributed by atoms with E-state index in [1.165, 1.54) is 0 Å². The second-order valence-corrected chi connectivity index (χ2v) is 3.68. The fourth-order valence-electron chi connectivity index (χ4n) is 1.82. The molecule has 0 aromatic heterocycles. The van der Waals surface area contributed by atoms with Gasteiger partial charge in [0.15, 0.2) is 0 Å². The molecule has 0 bridgehead atoms. The van der Waals surface area contributed by atoms with Gasteiger partial charge in [-0.2, -0.15) is 0 Å². The lowest BCUT2D eigenvalue weighted by molar-refractivity contribution is -0.130. The highest BCUT2D eigenvalue weighted by Gasteiger charge is 2.34. The molecule has 1 fully saturated rings. The van der Waals surface area contributed by atoms with E-state index in [1.54, 1.807) is 7.11 Å². The van der Waals surface area contributed by atoms with Crippen LogP contribution in [0.1, 0.15) is 26.7 Å². The van der Waals surface area contributed by atoms with Gasteiger partial charge in [0.25, 0.3) is 0 Å². The van der Waals surface area contributed by atoms with Crippen molar-refractivity contribution in [1.29, 1.82) is 0 Å². The average molecular weight is 200 g/mol. The first kappa shape index (κ1) is 11.5. The van der Waals surface area contributed by atoms with Crippen LogP contribution in [0.4, 0.5) is 0 Å². The molecule has 1 heterocycles. The highest BCUT2D eigenvalue weighted by molar-refractivity contribution is 5.84. The number of methoxy groups -OCH3 is 1. The van der Waals surface area contributed by atoms with Crippen LogP contribution in [-0.4, -0.2) is 43.3 Å². The molecule has 0 saturated carbocycles. The summed E-state index contributed by atoms with van der Waals surface area (Å²) in [5.41, 5.74) is 0. The summed E-state index contributed by atoms with van der Waals surface area (Å²) in [6.45, 7) is 5.56. The normalized spacial score (nSPS) is 27.4. The maximum atomic E-state index is 11.8. The Morgan fingerprint density at radius 2 is 2.29 bits per heavy atom. The minimum absolute atomic E-state index is 0.0209. The summed E-state index contributed by atoms with van der Waals surface area (Å²) in [5, 5.41) is 3.27. The molecule has 0 aliphatic carbocycles. The van der Waals surface area contributed by atoms with Crippen molar-refractivity contribution >= 4 is 5.91 Å². The molecule has 4 nitrogen and oxygen atoms in total. The largest absolute Gasteiger partial charge is 0.385 e. The van der Waals surface area contributed by atoms with E-state index in [0.29, 0.717) is 6.61 Å². The average Bonchev–Trinajstić information content (AvgIpc) is 2.45. The number of ether oxygens (including phenoxy) is 1. The Bertz CT molecular complexity index is 197. The third-order valence-corrected chi connectivity index (χ3v) is 2.65. The summed E-state index contributed by atoms with van der Waals surface area (Å²) < 4.78 is 4.97. The van der Waals surface area contributed by atoms with Crippen LogP contribution >= 0.6 is 0 Å². The van der Waals surface area contributed by atoms with Crippen molar-refractivity contribution in [2.75, 3.05) is 20.3 Å². The Kier molecular flexibility index (Phi) is 4.35. The Morgan fingerprint density at radius 1 is 1.57 bits per heavy atom. The number of amides is 1. The third-order valence-electron chi connectivity index (χ3n) is 2.65. The standard InChI is InChI=1S/C10H20N2O2/c1-4-9-10(13)12(8(2)11-9)6-5-7-14-3/h8-9,11H,4-7H2,1-3H3. The summed E-state index contributed by atoms with van der Waals surface area (Å²) in [6, 6.07) is 0.0209. The molecule has 82 valence electrons. The first-order valence-electron chi connectivity index (χ1n) is 5.26. The highest BCUT2D eigenvalue weighted by atomic mass is 16.5. The molecule has 1 amide bonds. The van der Waals surface area contributed by atoms with Crippen LogP contribution in [0.5, 0.6) is 0 Å². The van der Waals surface area contributed by atoms with E-state index in [4.69, 9.17) is 4.74 Å². The van der Waals surface area contributed by atoms with Crippen LogP contribution < -0.4 is 5.32 Å². The number of nitrogens with one attached hydrogen (secondary N) is 1. The lowest BCUT2D eigenvalue weighted by Crippen LogP contribution is -2.35. The van der Waals surface area contributed by atoms with Crippen LogP contribution in [-0.2, 0) is 9.53 Å². The minimum Gasteiger partial charge on any atom is -0.385 e. The molecule has 0 spiro atoms. The Morgan fingerprint density at radius 3 is 2.79 bits per heavy atom. The van der Waals surface area contributed by atoms with Crippen molar-refractivity contribution in [1.82, 2.24) is 10.2 Å². The summed E-state index contributed by atoms with van der Waals surface area (Å²) in [6.07, 6.45) is 1.94. The molecule has 1 aliphatic heterocycles. The second-order valence-electron chi connectivity index (χ2n) is 3.68. The predicted molar refractivity (Wildman–Crippen MR) is 54.9 cm³/mol. The van der Waals surface area contributed by atoms with E-state index in [0.717, 1.165) is 19.4 Å². The SMILES string of the molecule is CCC1NC(C)N(CCCOC)C1=O. The van der Waals surface area contributed by atoms with Crippen molar-refractivity contribution in [3.05, 3.63) is 0 Å². The van der Waals surface area contributed by atoms with E-state index in [-0.39, 0.29) is 18.1 Å². The summed E-state index contributed by atoms with van der Waals surface area (Å²) in [7, 11) is 1.68. The van der Waals surface area contributed by atoms with Gasteiger partial charge in [-0.1, -0.05) is 6.92 Å². The predicted octanol–water partition coefficient (Wildman–Crippen LogP) is 0.579. The van der Waals surface area contributed by atoms with Crippen molar-refractivity contribution in [3.63, 3.8) is 0 Å². The summed E-state index contributed by atoms with van der Waals surface area (Å²) in [5.74, 6) is 0.233. The van der Waals surface area contributed by atoms with E-state index in [9.17, 15) is 4.79 Å². The number of rotatable bonds is 5. The second kappa shape index (κ2) is 5.32. The molecular formula is C10H20N2O2. The zero-order valence-corrected chi connectivity index (χ0v) is 9.25. The molecule has 0 aromatic rings. The summed E-state index contributed by atoms with van der Waals surface area (Å²) in [4.78, 5) is 13.7. The number of hydrogen-bond acceptors (Lipinski definition) is 3. The monoisotopic (exact) mass is 200 g/mol. The lowest BCUT2D eigenvalue weighted by atomic mass is 10.2. The third kappa shape index (κ3) is 2.45. The maximum absolute atomic E-state index is 11.8. The molecule has 1 saturated heterocycles. The first-order valence-corrected chi connectivity index (χ1v) is 5.26. The number of carbonyl (C=O) groups excluding carboxylic acids is 1. The number of hydrogen-bond donors (Lipinski definition) is 1. The molecule has 1 rings (SSSR count). The van der Waals surface area contributed by atoms with Gasteiger partial charge < -0.3 is 9.64 Å². The fraction of sp³-hybridized carbons (Fsp3) is 0.900. The van der Waals surface area contributed by atoms with E-state index >= 15 is 0 Å². The quantitative estimate of drug-likeness (QED) is 0.660. The minimum atomic E-state index is 0.0209. The van der Waals surface area contributed by atoms with E-state index in [1.807, 2.05) is 18.7 Å². The van der Waals surface area contributed by atoms with Gasteiger partial charge in [-0.15, -0.1) is 0 Å². The molecule has 4 heteroatoms. The van der Waals surface area contributed by atoms with Crippen LogP contribution in [0.25, 0.3) is 0 Å². The van der Waals surface area contributed by atoms with Crippen molar-refractivity contribution in [2.24, 2.45) is 0 Å². The Labute approximate surface area is 85.6 Å².